The first-order chi connectivity index (χ1) is 8.72. The minimum Gasteiger partial charge on any atom is -0.347 e. The van der Waals surface area contributed by atoms with Crippen LogP contribution in [0.25, 0.3) is 10.9 Å². The highest BCUT2D eigenvalue weighted by molar-refractivity contribution is 5.83. The van der Waals surface area contributed by atoms with Crippen molar-refractivity contribution in [3.05, 3.63) is 36.0 Å². The van der Waals surface area contributed by atoms with Crippen molar-refractivity contribution in [2.24, 2.45) is 5.92 Å². The third-order valence-corrected chi connectivity index (χ3v) is 3.20. The summed E-state index contributed by atoms with van der Waals surface area (Å²) in [5.41, 5.74) is 2.78. The lowest BCUT2D eigenvalue weighted by Crippen LogP contribution is -2.18. The van der Waals surface area contributed by atoms with Crippen molar-refractivity contribution in [3.8, 4) is 0 Å². The minimum atomic E-state index is 0.703. The SMILES string of the molecule is CCCn1cc(CNCC(C)C)c2ccccc21. The van der Waals surface area contributed by atoms with E-state index in [0.717, 1.165) is 19.6 Å². The van der Waals surface area contributed by atoms with Gasteiger partial charge in [0.15, 0.2) is 0 Å². The number of aromatic nitrogens is 1. The first-order valence-corrected chi connectivity index (χ1v) is 6.99. The number of hydrogen-bond acceptors (Lipinski definition) is 1. The molecule has 0 aliphatic rings. The van der Waals surface area contributed by atoms with E-state index in [1.165, 1.54) is 22.9 Å². The predicted octanol–water partition coefficient (Wildman–Crippen LogP) is 3.80. The highest BCUT2D eigenvalue weighted by atomic mass is 15.0. The summed E-state index contributed by atoms with van der Waals surface area (Å²) in [5.74, 6) is 0.703. The molecule has 0 atom stereocenters. The summed E-state index contributed by atoms with van der Waals surface area (Å²) >= 11 is 0. The number of hydrogen-bond donors (Lipinski definition) is 1. The van der Waals surface area contributed by atoms with E-state index in [1.807, 2.05) is 0 Å². The van der Waals surface area contributed by atoms with Crippen molar-refractivity contribution < 1.29 is 0 Å². The Bertz CT molecular complexity index is 497. The number of benzene rings is 1. The second kappa shape index (κ2) is 6.05. The van der Waals surface area contributed by atoms with Crippen molar-refractivity contribution in [1.29, 1.82) is 0 Å². The van der Waals surface area contributed by atoms with Crippen LogP contribution in [0.3, 0.4) is 0 Å². The fourth-order valence-corrected chi connectivity index (χ4v) is 2.39. The number of nitrogens with zero attached hydrogens (tertiary/aromatic N) is 1. The number of rotatable bonds is 6. The molecular formula is C16H24N2. The molecule has 1 heterocycles. The Kier molecular flexibility index (Phi) is 4.43. The Hall–Kier alpha value is -1.28. The lowest BCUT2D eigenvalue weighted by atomic mass is 10.1. The minimum absolute atomic E-state index is 0.703. The van der Waals surface area contributed by atoms with Gasteiger partial charge in [0.2, 0.25) is 0 Å². The van der Waals surface area contributed by atoms with Crippen LogP contribution in [0.2, 0.25) is 0 Å². The number of para-hydroxylation sites is 1. The van der Waals surface area contributed by atoms with Crippen LogP contribution in [0.15, 0.2) is 30.5 Å². The highest BCUT2D eigenvalue weighted by Gasteiger charge is 2.07. The summed E-state index contributed by atoms with van der Waals surface area (Å²) in [7, 11) is 0. The molecule has 2 heteroatoms. The summed E-state index contributed by atoms with van der Waals surface area (Å²) in [4.78, 5) is 0. The quantitative estimate of drug-likeness (QED) is 0.818. The maximum atomic E-state index is 3.54. The van der Waals surface area contributed by atoms with E-state index in [-0.39, 0.29) is 0 Å². The molecular weight excluding hydrogens is 220 g/mol. The van der Waals surface area contributed by atoms with Crippen molar-refractivity contribution in [2.75, 3.05) is 6.54 Å². The van der Waals surface area contributed by atoms with Crippen LogP contribution in [0, 0.1) is 5.92 Å². The summed E-state index contributed by atoms with van der Waals surface area (Å²) in [6.07, 6.45) is 3.49. The average Bonchev–Trinajstić information content (AvgIpc) is 2.69. The molecule has 0 bridgehead atoms. The molecule has 0 radical (unpaired) electrons. The van der Waals surface area contributed by atoms with Crippen LogP contribution in [0.1, 0.15) is 32.8 Å². The highest BCUT2D eigenvalue weighted by Crippen LogP contribution is 2.21. The van der Waals surface area contributed by atoms with Gasteiger partial charge in [-0.3, -0.25) is 0 Å². The molecule has 1 aromatic heterocycles. The smallest absolute Gasteiger partial charge is 0.0483 e. The molecule has 0 aliphatic heterocycles. The van der Waals surface area contributed by atoms with Crippen LogP contribution < -0.4 is 5.32 Å². The van der Waals surface area contributed by atoms with Crippen molar-refractivity contribution in [2.45, 2.75) is 40.3 Å². The van der Waals surface area contributed by atoms with Gasteiger partial charge in [0.25, 0.3) is 0 Å². The Labute approximate surface area is 110 Å². The molecule has 0 aliphatic carbocycles. The first-order valence-electron chi connectivity index (χ1n) is 6.99. The van der Waals surface area contributed by atoms with Gasteiger partial charge in [-0.15, -0.1) is 0 Å². The topological polar surface area (TPSA) is 17.0 Å². The zero-order chi connectivity index (χ0) is 13.0. The molecule has 0 unspecified atom stereocenters. The standard InChI is InChI=1S/C16H24N2/c1-4-9-18-12-14(11-17-10-13(2)3)15-7-5-6-8-16(15)18/h5-8,12-13,17H,4,9-11H2,1-3H3. The van der Waals surface area contributed by atoms with E-state index in [1.54, 1.807) is 0 Å². The zero-order valence-corrected chi connectivity index (χ0v) is 11.7. The fraction of sp³-hybridized carbons (Fsp3) is 0.500. The molecule has 0 saturated carbocycles. The molecule has 0 saturated heterocycles. The van der Waals surface area contributed by atoms with Crippen molar-refractivity contribution >= 4 is 10.9 Å². The molecule has 1 aromatic carbocycles. The van der Waals surface area contributed by atoms with Gasteiger partial charge in [0.1, 0.15) is 0 Å². The van der Waals surface area contributed by atoms with E-state index in [0.29, 0.717) is 5.92 Å². The molecule has 1 N–H and O–H groups in total. The predicted molar refractivity (Wildman–Crippen MR) is 78.8 cm³/mol. The Morgan fingerprint density at radius 2 is 2.00 bits per heavy atom. The van der Waals surface area contributed by atoms with Crippen LogP contribution in [0.4, 0.5) is 0 Å². The lowest BCUT2D eigenvalue weighted by molar-refractivity contribution is 0.552. The van der Waals surface area contributed by atoms with Gasteiger partial charge in [0.05, 0.1) is 0 Å². The van der Waals surface area contributed by atoms with Crippen LogP contribution in [-0.4, -0.2) is 11.1 Å². The van der Waals surface area contributed by atoms with E-state index in [2.05, 4.69) is 61.1 Å². The van der Waals surface area contributed by atoms with Gasteiger partial charge in [-0.05, 0) is 30.5 Å². The largest absolute Gasteiger partial charge is 0.347 e. The molecule has 0 fully saturated rings. The number of aryl methyl sites for hydroxylation is 1. The third kappa shape index (κ3) is 2.94. The monoisotopic (exact) mass is 244 g/mol. The Morgan fingerprint density at radius 1 is 1.22 bits per heavy atom. The summed E-state index contributed by atoms with van der Waals surface area (Å²) < 4.78 is 2.38. The molecule has 2 aromatic rings. The normalized spacial score (nSPS) is 11.6. The van der Waals surface area contributed by atoms with Crippen LogP contribution in [-0.2, 0) is 13.1 Å². The number of nitrogens with one attached hydrogen (secondary N) is 1. The number of fused-ring (bicyclic) bond motifs is 1. The van der Waals surface area contributed by atoms with Gasteiger partial charge in [0, 0.05) is 30.2 Å². The summed E-state index contributed by atoms with van der Waals surface area (Å²) in [6.45, 7) is 9.86. The van der Waals surface area contributed by atoms with Gasteiger partial charge < -0.3 is 9.88 Å². The van der Waals surface area contributed by atoms with Gasteiger partial charge in [-0.1, -0.05) is 39.0 Å². The second-order valence-electron chi connectivity index (χ2n) is 5.39. The Balaban J connectivity index is 2.21. The third-order valence-electron chi connectivity index (χ3n) is 3.20. The average molecular weight is 244 g/mol. The fourth-order valence-electron chi connectivity index (χ4n) is 2.39. The molecule has 98 valence electrons. The van der Waals surface area contributed by atoms with Gasteiger partial charge in [-0.2, -0.15) is 0 Å². The molecule has 0 spiro atoms. The van der Waals surface area contributed by atoms with Gasteiger partial charge >= 0.3 is 0 Å². The van der Waals surface area contributed by atoms with E-state index < -0.39 is 0 Å². The summed E-state index contributed by atoms with van der Waals surface area (Å²) in [5, 5.41) is 4.93. The first kappa shape index (κ1) is 13.2. The van der Waals surface area contributed by atoms with E-state index in [4.69, 9.17) is 0 Å². The summed E-state index contributed by atoms with van der Waals surface area (Å²) in [6, 6.07) is 8.70. The van der Waals surface area contributed by atoms with Crippen molar-refractivity contribution in [3.63, 3.8) is 0 Å². The van der Waals surface area contributed by atoms with Crippen molar-refractivity contribution in [1.82, 2.24) is 9.88 Å². The van der Waals surface area contributed by atoms with Gasteiger partial charge in [-0.25, -0.2) is 0 Å². The molecule has 2 rings (SSSR count). The molecule has 2 nitrogen and oxygen atoms in total. The second-order valence-corrected chi connectivity index (χ2v) is 5.39. The zero-order valence-electron chi connectivity index (χ0n) is 11.7. The maximum Gasteiger partial charge on any atom is 0.0483 e. The van der Waals surface area contributed by atoms with Crippen LogP contribution >= 0.6 is 0 Å². The van der Waals surface area contributed by atoms with E-state index in [9.17, 15) is 0 Å². The van der Waals surface area contributed by atoms with Crippen LogP contribution in [0.5, 0.6) is 0 Å². The lowest BCUT2D eigenvalue weighted by Gasteiger charge is -2.06. The maximum absolute atomic E-state index is 3.54. The Morgan fingerprint density at radius 3 is 2.72 bits per heavy atom. The molecule has 0 amide bonds. The van der Waals surface area contributed by atoms with E-state index >= 15 is 0 Å². The molecule has 18 heavy (non-hydrogen) atoms.